The van der Waals surface area contributed by atoms with E-state index in [1.165, 1.54) is 25.1 Å². The second-order valence-corrected chi connectivity index (χ2v) is 11.1. The van der Waals surface area contributed by atoms with Gasteiger partial charge < -0.3 is 10.6 Å². The van der Waals surface area contributed by atoms with Crippen LogP contribution in [0.2, 0.25) is 5.02 Å². The third-order valence-corrected chi connectivity index (χ3v) is 7.71. The molecule has 1 aliphatic carbocycles. The monoisotopic (exact) mass is 589 g/mol. The smallest absolute Gasteiger partial charge is 0.352 e. The van der Waals surface area contributed by atoms with Crippen LogP contribution in [0, 0.1) is 5.82 Å². The van der Waals surface area contributed by atoms with Gasteiger partial charge in [0.15, 0.2) is 0 Å². The number of hydrogen-bond donors (Lipinski definition) is 2. The molecule has 0 unspecified atom stereocenters. The normalized spacial score (nSPS) is 15.7. The zero-order valence-electron chi connectivity index (χ0n) is 21.0. The van der Waals surface area contributed by atoms with Gasteiger partial charge in [-0.1, -0.05) is 30.9 Å². The van der Waals surface area contributed by atoms with Crippen LogP contribution in [0.4, 0.5) is 28.9 Å². The molecule has 0 spiro atoms. The Morgan fingerprint density at radius 2 is 1.69 bits per heavy atom. The van der Waals surface area contributed by atoms with Crippen LogP contribution < -0.4 is 15.5 Å². The molecule has 1 fully saturated rings. The molecular formula is C26H28ClF4N3O4S. The van der Waals surface area contributed by atoms with Crippen LogP contribution in [0.25, 0.3) is 0 Å². The molecule has 0 saturated heterocycles. The molecule has 2 aromatic rings. The Balaban J connectivity index is 1.79. The summed E-state index contributed by atoms with van der Waals surface area (Å²) in [5.41, 5.74) is -1.20. The minimum Gasteiger partial charge on any atom is -0.352 e. The molecule has 13 heteroatoms. The van der Waals surface area contributed by atoms with Gasteiger partial charge in [-0.3, -0.25) is 23.5 Å². The SMILES string of the molecule is C[C@@H](C(=O)NC1CCCCC1)N(C(=O)C[S@](=O)CC(=O)Nc1ccc(F)cc1)c1ccc(Cl)c(C(F)(F)F)c1. The van der Waals surface area contributed by atoms with Gasteiger partial charge in [-0.05, 0) is 62.2 Å². The van der Waals surface area contributed by atoms with Crippen LogP contribution in [0.3, 0.4) is 0 Å². The lowest BCUT2D eigenvalue weighted by molar-refractivity contribution is -0.137. The summed E-state index contributed by atoms with van der Waals surface area (Å²) in [5, 5.41) is 4.69. The standard InChI is InChI=1S/C26H28ClF4N3O4S/c1-16(25(37)33-18-5-3-2-4-6-18)34(20-11-12-22(27)21(13-20)26(29,30)31)24(36)15-39(38)14-23(35)32-19-9-7-17(28)8-10-19/h7-13,16,18H,2-6,14-15H2,1H3,(H,32,35)(H,33,37)/t16-,39+/m0/s1. The number of nitrogens with one attached hydrogen (secondary N) is 2. The number of benzene rings is 2. The fourth-order valence-electron chi connectivity index (χ4n) is 4.28. The summed E-state index contributed by atoms with van der Waals surface area (Å²) in [6.07, 6.45) is -0.438. The van der Waals surface area contributed by atoms with Gasteiger partial charge in [-0.2, -0.15) is 13.2 Å². The predicted molar refractivity (Wildman–Crippen MR) is 141 cm³/mol. The molecule has 0 heterocycles. The van der Waals surface area contributed by atoms with Crippen LogP contribution in [0.1, 0.15) is 44.6 Å². The van der Waals surface area contributed by atoms with Crippen molar-refractivity contribution in [1.82, 2.24) is 5.32 Å². The number of carbonyl (C=O) groups is 3. The van der Waals surface area contributed by atoms with E-state index in [9.17, 15) is 36.2 Å². The first-order valence-corrected chi connectivity index (χ1v) is 14.1. The van der Waals surface area contributed by atoms with E-state index in [-0.39, 0.29) is 17.4 Å². The molecule has 7 nitrogen and oxygen atoms in total. The van der Waals surface area contributed by atoms with Gasteiger partial charge >= 0.3 is 6.18 Å². The summed E-state index contributed by atoms with van der Waals surface area (Å²) in [5.74, 6) is -4.05. The van der Waals surface area contributed by atoms with Gasteiger partial charge in [0.1, 0.15) is 23.4 Å². The summed E-state index contributed by atoms with van der Waals surface area (Å²) >= 11 is 5.74. The van der Waals surface area contributed by atoms with Crippen LogP contribution >= 0.6 is 11.6 Å². The van der Waals surface area contributed by atoms with E-state index >= 15 is 0 Å². The molecule has 0 aromatic heterocycles. The third-order valence-electron chi connectivity index (χ3n) is 6.23. The summed E-state index contributed by atoms with van der Waals surface area (Å²) in [7, 11) is -2.07. The van der Waals surface area contributed by atoms with Gasteiger partial charge in [-0.25, -0.2) is 4.39 Å². The summed E-state index contributed by atoms with van der Waals surface area (Å²) in [6, 6.07) is 6.28. The van der Waals surface area contributed by atoms with Crippen molar-refractivity contribution >= 4 is 51.5 Å². The predicted octanol–water partition coefficient (Wildman–Crippen LogP) is 5.06. The number of halogens is 5. The first-order valence-electron chi connectivity index (χ1n) is 12.2. The maximum absolute atomic E-state index is 13.5. The molecule has 3 rings (SSSR count). The largest absolute Gasteiger partial charge is 0.417 e. The highest BCUT2D eigenvalue weighted by atomic mass is 35.5. The second kappa shape index (κ2) is 13.4. The molecule has 0 bridgehead atoms. The van der Waals surface area contributed by atoms with Crippen molar-refractivity contribution in [3.8, 4) is 0 Å². The topological polar surface area (TPSA) is 95.6 Å². The molecule has 39 heavy (non-hydrogen) atoms. The van der Waals surface area contributed by atoms with Crippen LogP contribution in [-0.2, 0) is 31.4 Å². The van der Waals surface area contributed by atoms with E-state index in [4.69, 9.17) is 11.6 Å². The van der Waals surface area contributed by atoms with Crippen molar-refractivity contribution in [3.05, 3.63) is 58.9 Å². The minimum absolute atomic E-state index is 0.120. The number of carbonyl (C=O) groups excluding carboxylic acids is 3. The van der Waals surface area contributed by atoms with Crippen molar-refractivity contribution in [2.75, 3.05) is 21.7 Å². The molecule has 212 valence electrons. The Kier molecular flexibility index (Phi) is 10.5. The lowest BCUT2D eigenvalue weighted by atomic mass is 9.95. The van der Waals surface area contributed by atoms with Gasteiger partial charge in [0.2, 0.25) is 17.7 Å². The highest BCUT2D eigenvalue weighted by molar-refractivity contribution is 7.86. The number of hydrogen-bond acceptors (Lipinski definition) is 4. The van der Waals surface area contributed by atoms with Crippen molar-refractivity contribution in [1.29, 1.82) is 0 Å². The van der Waals surface area contributed by atoms with Crippen LogP contribution in [0.5, 0.6) is 0 Å². The lowest BCUT2D eigenvalue weighted by Gasteiger charge is -2.31. The van der Waals surface area contributed by atoms with E-state index < -0.39 is 68.6 Å². The fourth-order valence-corrected chi connectivity index (χ4v) is 5.39. The highest BCUT2D eigenvalue weighted by Crippen LogP contribution is 2.37. The number of rotatable bonds is 9. The Bertz CT molecular complexity index is 1220. The number of amides is 3. The van der Waals surface area contributed by atoms with E-state index in [1.54, 1.807) is 0 Å². The van der Waals surface area contributed by atoms with Gasteiger partial charge in [0, 0.05) is 28.2 Å². The van der Waals surface area contributed by atoms with Crippen molar-refractivity contribution < 1.29 is 36.2 Å². The minimum atomic E-state index is -4.82. The van der Waals surface area contributed by atoms with Crippen LogP contribution in [0.15, 0.2) is 42.5 Å². The molecule has 2 N–H and O–H groups in total. The van der Waals surface area contributed by atoms with E-state index in [2.05, 4.69) is 10.6 Å². The van der Waals surface area contributed by atoms with Gasteiger partial charge in [0.25, 0.3) is 0 Å². The molecule has 2 atom stereocenters. The molecular weight excluding hydrogens is 562 g/mol. The quantitative estimate of drug-likeness (QED) is 0.400. The molecule has 0 aliphatic heterocycles. The number of alkyl halides is 3. The molecule has 0 radical (unpaired) electrons. The zero-order chi connectivity index (χ0) is 28.7. The average molecular weight is 590 g/mol. The molecule has 2 aromatic carbocycles. The second-order valence-electron chi connectivity index (χ2n) is 9.23. The number of nitrogens with zero attached hydrogens (tertiary/aromatic N) is 1. The van der Waals surface area contributed by atoms with Crippen LogP contribution in [-0.4, -0.2) is 45.5 Å². The summed E-state index contributed by atoms with van der Waals surface area (Å²) in [6.45, 7) is 1.36. The molecule has 1 aliphatic rings. The summed E-state index contributed by atoms with van der Waals surface area (Å²) in [4.78, 5) is 39.4. The zero-order valence-corrected chi connectivity index (χ0v) is 22.6. The fraction of sp³-hybridized carbons (Fsp3) is 0.423. The lowest BCUT2D eigenvalue weighted by Crippen LogP contribution is -2.52. The highest BCUT2D eigenvalue weighted by Gasteiger charge is 2.36. The van der Waals surface area contributed by atoms with Crippen molar-refractivity contribution in [2.24, 2.45) is 0 Å². The Morgan fingerprint density at radius 3 is 2.31 bits per heavy atom. The van der Waals surface area contributed by atoms with Gasteiger partial charge in [-0.15, -0.1) is 0 Å². The van der Waals surface area contributed by atoms with Crippen molar-refractivity contribution in [2.45, 2.75) is 57.3 Å². The first-order chi connectivity index (χ1) is 18.3. The number of anilines is 2. The average Bonchev–Trinajstić information content (AvgIpc) is 2.86. The Labute approximate surface area is 230 Å². The Morgan fingerprint density at radius 1 is 1.05 bits per heavy atom. The third kappa shape index (κ3) is 8.76. The van der Waals surface area contributed by atoms with Gasteiger partial charge in [0.05, 0.1) is 10.6 Å². The Hall–Kier alpha value is -2.99. The maximum Gasteiger partial charge on any atom is 0.417 e. The first kappa shape index (κ1) is 30.6. The van der Waals surface area contributed by atoms with Crippen molar-refractivity contribution in [3.63, 3.8) is 0 Å². The van der Waals surface area contributed by atoms with E-state index in [1.807, 2.05) is 0 Å². The maximum atomic E-state index is 13.5. The van der Waals surface area contributed by atoms with E-state index in [0.717, 1.165) is 55.2 Å². The summed E-state index contributed by atoms with van der Waals surface area (Å²) < 4.78 is 66.3. The molecule has 1 saturated carbocycles. The molecule has 3 amide bonds. The van der Waals surface area contributed by atoms with E-state index in [0.29, 0.717) is 6.07 Å².